The lowest BCUT2D eigenvalue weighted by atomic mass is 10.3. The summed E-state index contributed by atoms with van der Waals surface area (Å²) >= 11 is 1.53. The van der Waals surface area contributed by atoms with Crippen LogP contribution in [0.25, 0.3) is 11.0 Å². The predicted molar refractivity (Wildman–Crippen MR) is 106 cm³/mol. The van der Waals surface area contributed by atoms with Crippen LogP contribution in [0.3, 0.4) is 0 Å². The molecule has 0 spiro atoms. The highest BCUT2D eigenvalue weighted by atomic mass is 32.2. The third-order valence-corrected chi connectivity index (χ3v) is 5.33. The van der Waals surface area contributed by atoms with E-state index in [-0.39, 0.29) is 23.5 Å². The van der Waals surface area contributed by atoms with E-state index in [1.807, 2.05) is 31.2 Å². The SMILES string of the molecule is CC(SCC(=O)N(C)CCOc1ccccc1F)c1nc2ccccc2[nH]1. The van der Waals surface area contributed by atoms with Gasteiger partial charge in [0.2, 0.25) is 5.91 Å². The van der Waals surface area contributed by atoms with Crippen LogP contribution < -0.4 is 4.74 Å². The molecule has 0 aliphatic rings. The fraction of sp³-hybridized carbons (Fsp3) is 0.300. The summed E-state index contributed by atoms with van der Waals surface area (Å²) in [5, 5.41) is 0.0735. The Balaban J connectivity index is 1.44. The molecular formula is C20H22FN3O2S. The van der Waals surface area contributed by atoms with Gasteiger partial charge in [-0.1, -0.05) is 24.3 Å². The Kier molecular flexibility index (Phi) is 6.34. The molecule has 3 rings (SSSR count). The number of amides is 1. The number of carbonyl (C=O) groups is 1. The number of imidazole rings is 1. The number of fused-ring (bicyclic) bond motifs is 1. The summed E-state index contributed by atoms with van der Waals surface area (Å²) in [5.41, 5.74) is 1.92. The maximum Gasteiger partial charge on any atom is 0.232 e. The molecule has 2 aromatic carbocycles. The lowest BCUT2D eigenvalue weighted by molar-refractivity contribution is -0.127. The van der Waals surface area contributed by atoms with E-state index in [0.717, 1.165) is 16.9 Å². The summed E-state index contributed by atoms with van der Waals surface area (Å²) in [6, 6.07) is 14.1. The van der Waals surface area contributed by atoms with Crippen molar-refractivity contribution in [2.45, 2.75) is 12.2 Å². The number of aromatic nitrogens is 2. The molecule has 0 saturated heterocycles. The summed E-state index contributed by atoms with van der Waals surface area (Å²) in [6.45, 7) is 2.66. The molecule has 0 fully saturated rings. The van der Waals surface area contributed by atoms with E-state index in [0.29, 0.717) is 12.3 Å². The van der Waals surface area contributed by atoms with E-state index in [2.05, 4.69) is 9.97 Å². The number of thioether (sulfide) groups is 1. The van der Waals surface area contributed by atoms with Gasteiger partial charge in [0.1, 0.15) is 12.4 Å². The molecule has 1 atom stereocenters. The predicted octanol–water partition coefficient (Wildman–Crippen LogP) is 4.03. The van der Waals surface area contributed by atoms with Crippen LogP contribution in [0.1, 0.15) is 18.0 Å². The lowest BCUT2D eigenvalue weighted by Gasteiger charge is -2.18. The molecule has 0 bridgehead atoms. The maximum absolute atomic E-state index is 13.5. The van der Waals surface area contributed by atoms with Crippen LogP contribution in [-0.2, 0) is 4.79 Å². The van der Waals surface area contributed by atoms with Crippen molar-refractivity contribution in [3.8, 4) is 5.75 Å². The number of para-hydroxylation sites is 3. The summed E-state index contributed by atoms with van der Waals surface area (Å²) in [4.78, 5) is 21.8. The number of ether oxygens (including phenoxy) is 1. The van der Waals surface area contributed by atoms with Crippen molar-refractivity contribution >= 4 is 28.7 Å². The number of halogens is 1. The van der Waals surface area contributed by atoms with E-state index < -0.39 is 5.82 Å². The standard InChI is InChI=1S/C20H22FN3O2S/c1-14(20-22-16-8-4-5-9-17(16)23-20)27-13-19(25)24(2)11-12-26-18-10-6-3-7-15(18)21/h3-10,14H,11-13H2,1-2H3,(H,22,23). The number of likely N-dealkylation sites (N-methyl/N-ethyl adjacent to an activating group) is 1. The second kappa shape index (κ2) is 8.90. The van der Waals surface area contributed by atoms with Crippen LogP contribution in [0.2, 0.25) is 0 Å². The van der Waals surface area contributed by atoms with Gasteiger partial charge in [-0.2, -0.15) is 0 Å². The van der Waals surface area contributed by atoms with Gasteiger partial charge in [0, 0.05) is 7.05 Å². The van der Waals surface area contributed by atoms with Crippen LogP contribution in [0.5, 0.6) is 5.75 Å². The number of aromatic amines is 1. The largest absolute Gasteiger partial charge is 0.489 e. The van der Waals surface area contributed by atoms with Gasteiger partial charge in [-0.25, -0.2) is 9.37 Å². The number of carbonyl (C=O) groups excluding carboxylic acids is 1. The van der Waals surface area contributed by atoms with Gasteiger partial charge in [0.05, 0.1) is 28.6 Å². The number of H-pyrrole nitrogens is 1. The average Bonchev–Trinajstić information content (AvgIpc) is 3.11. The molecule has 7 heteroatoms. The van der Waals surface area contributed by atoms with Crippen LogP contribution in [0, 0.1) is 5.82 Å². The summed E-state index contributed by atoms with van der Waals surface area (Å²) in [6.07, 6.45) is 0. The molecule has 142 valence electrons. The van der Waals surface area contributed by atoms with Crippen molar-refractivity contribution in [1.82, 2.24) is 14.9 Å². The monoisotopic (exact) mass is 387 g/mol. The molecule has 0 aliphatic heterocycles. The highest BCUT2D eigenvalue weighted by Crippen LogP contribution is 2.27. The Labute approximate surface area is 161 Å². The minimum Gasteiger partial charge on any atom is -0.489 e. The molecule has 1 unspecified atom stereocenters. The quantitative estimate of drug-likeness (QED) is 0.634. The molecule has 1 heterocycles. The van der Waals surface area contributed by atoms with Gasteiger partial charge in [0.25, 0.3) is 0 Å². The lowest BCUT2D eigenvalue weighted by Crippen LogP contribution is -2.32. The highest BCUT2D eigenvalue weighted by Gasteiger charge is 2.15. The van der Waals surface area contributed by atoms with Crippen LogP contribution in [0.15, 0.2) is 48.5 Å². The molecule has 0 aliphatic carbocycles. The first-order valence-corrected chi connectivity index (χ1v) is 9.77. The van der Waals surface area contributed by atoms with Crippen LogP contribution >= 0.6 is 11.8 Å². The van der Waals surface area contributed by atoms with Crippen molar-refractivity contribution in [2.24, 2.45) is 0 Å². The molecule has 5 nitrogen and oxygen atoms in total. The summed E-state index contributed by atoms with van der Waals surface area (Å²) in [5.74, 6) is 1.00. The van der Waals surface area contributed by atoms with Gasteiger partial charge >= 0.3 is 0 Å². The number of hydrogen-bond donors (Lipinski definition) is 1. The Bertz CT molecular complexity index is 882. The Hall–Kier alpha value is -2.54. The van der Waals surface area contributed by atoms with Gasteiger partial charge in [-0.05, 0) is 31.2 Å². The van der Waals surface area contributed by atoms with Gasteiger partial charge in [-0.3, -0.25) is 4.79 Å². The summed E-state index contributed by atoms with van der Waals surface area (Å²) < 4.78 is 18.9. The minimum absolute atomic E-state index is 0.0000877. The van der Waals surface area contributed by atoms with Crippen molar-refractivity contribution in [1.29, 1.82) is 0 Å². The van der Waals surface area contributed by atoms with Crippen molar-refractivity contribution in [3.05, 3.63) is 60.2 Å². The normalized spacial score (nSPS) is 12.1. The molecule has 1 N–H and O–H groups in total. The average molecular weight is 387 g/mol. The number of nitrogens with one attached hydrogen (secondary N) is 1. The van der Waals surface area contributed by atoms with Gasteiger partial charge < -0.3 is 14.6 Å². The number of nitrogens with zero attached hydrogens (tertiary/aromatic N) is 2. The van der Waals surface area contributed by atoms with E-state index in [1.54, 1.807) is 30.1 Å². The third-order valence-electron chi connectivity index (χ3n) is 4.20. The number of benzene rings is 2. The molecule has 27 heavy (non-hydrogen) atoms. The number of rotatable bonds is 8. The molecule has 3 aromatic rings. The third kappa shape index (κ3) is 5.01. The van der Waals surface area contributed by atoms with E-state index in [1.165, 1.54) is 17.8 Å². The zero-order valence-corrected chi connectivity index (χ0v) is 16.1. The van der Waals surface area contributed by atoms with E-state index >= 15 is 0 Å². The van der Waals surface area contributed by atoms with Crippen molar-refractivity contribution in [3.63, 3.8) is 0 Å². The highest BCUT2D eigenvalue weighted by molar-refractivity contribution is 8.00. The molecular weight excluding hydrogens is 365 g/mol. The second-order valence-electron chi connectivity index (χ2n) is 6.19. The molecule has 0 radical (unpaired) electrons. The van der Waals surface area contributed by atoms with Crippen molar-refractivity contribution < 1.29 is 13.9 Å². The summed E-state index contributed by atoms with van der Waals surface area (Å²) in [7, 11) is 1.72. The van der Waals surface area contributed by atoms with Gasteiger partial charge in [-0.15, -0.1) is 11.8 Å². The smallest absolute Gasteiger partial charge is 0.232 e. The first-order valence-electron chi connectivity index (χ1n) is 8.72. The molecule has 1 amide bonds. The topological polar surface area (TPSA) is 58.2 Å². The fourth-order valence-electron chi connectivity index (χ4n) is 2.53. The zero-order chi connectivity index (χ0) is 19.2. The Morgan fingerprint density at radius 3 is 2.78 bits per heavy atom. The Morgan fingerprint density at radius 2 is 2.00 bits per heavy atom. The van der Waals surface area contributed by atoms with Gasteiger partial charge in [0.15, 0.2) is 11.6 Å². The number of hydrogen-bond acceptors (Lipinski definition) is 4. The van der Waals surface area contributed by atoms with E-state index in [4.69, 9.17) is 4.74 Å². The first-order chi connectivity index (χ1) is 13.0. The Morgan fingerprint density at radius 1 is 1.26 bits per heavy atom. The molecule has 0 saturated carbocycles. The van der Waals surface area contributed by atoms with Crippen LogP contribution in [0.4, 0.5) is 4.39 Å². The zero-order valence-electron chi connectivity index (χ0n) is 15.3. The first kappa shape index (κ1) is 19.2. The minimum atomic E-state index is -0.401. The maximum atomic E-state index is 13.5. The van der Waals surface area contributed by atoms with Crippen LogP contribution in [-0.4, -0.2) is 46.7 Å². The second-order valence-corrected chi connectivity index (χ2v) is 7.52. The van der Waals surface area contributed by atoms with Crippen molar-refractivity contribution in [2.75, 3.05) is 26.0 Å². The molecule has 1 aromatic heterocycles. The van der Waals surface area contributed by atoms with E-state index in [9.17, 15) is 9.18 Å². The fourth-order valence-corrected chi connectivity index (χ4v) is 3.41.